The quantitative estimate of drug-likeness (QED) is 0.0902. The van der Waals surface area contributed by atoms with Gasteiger partial charge in [-0.3, -0.25) is 0 Å². The molecular weight excluding hydrogens is 811 g/mol. The average molecular weight is 882 g/mol. The number of hydrogen-bond acceptors (Lipinski definition) is 3. The van der Waals surface area contributed by atoms with Gasteiger partial charge in [0.05, 0.1) is 0 Å². The molecule has 0 amide bonds. The Morgan fingerprint density at radius 3 is 0.731 bits per heavy atom. The van der Waals surface area contributed by atoms with Gasteiger partial charge in [-0.25, -0.2) is 0 Å². The molecule has 1 atom stereocenters. The van der Waals surface area contributed by atoms with Crippen LogP contribution in [0.3, 0.4) is 0 Å². The molecule has 0 aliphatic rings. The van der Waals surface area contributed by atoms with Crippen molar-refractivity contribution in [3.63, 3.8) is 0 Å². The third-order valence-corrected chi connectivity index (χ3v) is 12.9. The topological polar surface area (TPSA) is 9.72 Å². The Balaban J connectivity index is 0.000000227. The summed E-state index contributed by atoms with van der Waals surface area (Å²) in [6, 6.07) is 71.2. The van der Waals surface area contributed by atoms with E-state index in [1.165, 1.54) is 99.5 Å². The zero-order chi connectivity index (χ0) is 47.1. The van der Waals surface area contributed by atoms with E-state index in [2.05, 4.69) is 264 Å². The summed E-state index contributed by atoms with van der Waals surface area (Å²) in [5.74, 6) is 0.598. The van der Waals surface area contributed by atoms with Gasteiger partial charge < -0.3 is 14.7 Å². The van der Waals surface area contributed by atoms with Gasteiger partial charge in [-0.15, -0.1) is 0 Å². The van der Waals surface area contributed by atoms with Crippen LogP contribution < -0.4 is 14.7 Å². The molecule has 8 aromatic carbocycles. The lowest BCUT2D eigenvalue weighted by molar-refractivity contribution is 0.733. The van der Waals surface area contributed by atoms with Gasteiger partial charge in [0.2, 0.25) is 0 Å². The van der Waals surface area contributed by atoms with Crippen molar-refractivity contribution in [2.75, 3.05) is 14.7 Å². The molecule has 3 heteroatoms. The molecule has 0 heterocycles. The van der Waals surface area contributed by atoms with Crippen LogP contribution >= 0.6 is 0 Å². The van der Waals surface area contributed by atoms with E-state index < -0.39 is 0 Å². The SMILES string of the molecule is CCC(C)c1ccc(N(c2ccc(C)cc2)c2ccc(C)cc2)cc1.CCCCc1ccc(N(c2ccc(C)cc2)c2ccc(N(c3ccc(C)cc3)c3ccc(CCCC)cc3)cc2)cc1. The molecule has 0 aliphatic heterocycles. The van der Waals surface area contributed by atoms with Crippen molar-refractivity contribution >= 4 is 51.2 Å². The fraction of sp³-hybridized carbons (Fsp3) is 0.250. The summed E-state index contributed by atoms with van der Waals surface area (Å²) in [4.78, 5) is 7.02. The minimum absolute atomic E-state index is 0.598. The molecule has 0 spiro atoms. The van der Waals surface area contributed by atoms with Crippen molar-refractivity contribution < 1.29 is 0 Å². The van der Waals surface area contributed by atoms with E-state index in [1.54, 1.807) is 0 Å². The summed E-state index contributed by atoms with van der Waals surface area (Å²) in [5, 5.41) is 0. The molecule has 0 radical (unpaired) electrons. The van der Waals surface area contributed by atoms with E-state index >= 15 is 0 Å². The van der Waals surface area contributed by atoms with Crippen LogP contribution in [0.25, 0.3) is 0 Å². The number of nitrogens with zero attached hydrogens (tertiary/aromatic N) is 3. The first-order chi connectivity index (χ1) is 32.6. The standard InChI is InChI=1S/C40H44N2.C24H27N/c1-5-7-9-33-15-23-37(24-16-33)41(35-19-11-31(3)12-20-35)39-27-29-40(30-28-39)42(36-21-13-32(4)14-22-36)38-25-17-34(18-26-38)10-8-6-2;1-5-20(4)21-10-16-24(17-11-21)25(22-12-6-18(2)7-13-22)23-14-8-19(3)9-15-23/h11-30H,5-10H2,1-4H3;6-17,20H,5H2,1-4H3. The molecule has 0 N–H and O–H groups in total. The van der Waals surface area contributed by atoms with Crippen LogP contribution in [0.5, 0.6) is 0 Å². The molecule has 0 saturated carbocycles. The highest BCUT2D eigenvalue weighted by Gasteiger charge is 2.17. The Bertz CT molecular complexity index is 2520. The van der Waals surface area contributed by atoms with Crippen molar-refractivity contribution in [3.8, 4) is 0 Å². The number of rotatable bonds is 17. The van der Waals surface area contributed by atoms with Gasteiger partial charge in [-0.2, -0.15) is 0 Å². The van der Waals surface area contributed by atoms with Gasteiger partial charge in [0, 0.05) is 51.2 Å². The third-order valence-electron chi connectivity index (χ3n) is 12.9. The molecule has 0 aliphatic carbocycles. The molecule has 0 bridgehead atoms. The highest BCUT2D eigenvalue weighted by Crippen LogP contribution is 2.40. The van der Waals surface area contributed by atoms with Crippen LogP contribution in [0.1, 0.15) is 105 Å². The lowest BCUT2D eigenvalue weighted by atomic mass is 9.98. The Morgan fingerprint density at radius 1 is 0.299 bits per heavy atom. The Morgan fingerprint density at radius 2 is 0.507 bits per heavy atom. The molecule has 1 unspecified atom stereocenters. The Hall–Kier alpha value is -6.84. The summed E-state index contributed by atoms with van der Waals surface area (Å²) in [5.41, 5.74) is 19.8. The average Bonchev–Trinajstić information content (AvgIpc) is 3.36. The van der Waals surface area contributed by atoms with E-state index in [4.69, 9.17) is 0 Å². The first-order valence-corrected chi connectivity index (χ1v) is 24.7. The Labute approximate surface area is 403 Å². The smallest absolute Gasteiger partial charge is 0.0463 e. The second-order valence-electron chi connectivity index (χ2n) is 18.3. The van der Waals surface area contributed by atoms with Gasteiger partial charge in [0.15, 0.2) is 0 Å². The minimum atomic E-state index is 0.598. The first-order valence-electron chi connectivity index (χ1n) is 24.7. The molecule has 0 fully saturated rings. The zero-order valence-corrected chi connectivity index (χ0v) is 41.3. The van der Waals surface area contributed by atoms with Crippen LogP contribution in [-0.2, 0) is 12.8 Å². The fourth-order valence-corrected chi connectivity index (χ4v) is 8.44. The maximum Gasteiger partial charge on any atom is 0.0463 e. The van der Waals surface area contributed by atoms with Crippen LogP contribution in [0.2, 0.25) is 0 Å². The van der Waals surface area contributed by atoms with Crippen molar-refractivity contribution in [1.82, 2.24) is 0 Å². The molecule has 0 saturated heterocycles. The highest BCUT2D eigenvalue weighted by molar-refractivity contribution is 5.81. The number of anilines is 9. The van der Waals surface area contributed by atoms with Crippen molar-refractivity contribution in [1.29, 1.82) is 0 Å². The van der Waals surface area contributed by atoms with Crippen molar-refractivity contribution in [2.45, 2.75) is 106 Å². The maximum atomic E-state index is 2.35. The van der Waals surface area contributed by atoms with Gasteiger partial charge in [-0.1, -0.05) is 148 Å². The summed E-state index contributed by atoms with van der Waals surface area (Å²) >= 11 is 0. The van der Waals surface area contributed by atoms with E-state index in [0.717, 1.165) is 35.6 Å². The molecule has 8 rings (SSSR count). The highest BCUT2D eigenvalue weighted by atomic mass is 15.2. The van der Waals surface area contributed by atoms with E-state index in [-0.39, 0.29) is 0 Å². The predicted octanol–water partition coefficient (Wildman–Crippen LogP) is 19.2. The van der Waals surface area contributed by atoms with Crippen molar-refractivity contribution in [2.24, 2.45) is 0 Å². The van der Waals surface area contributed by atoms with Gasteiger partial charge >= 0.3 is 0 Å². The monoisotopic (exact) mass is 882 g/mol. The van der Waals surface area contributed by atoms with Crippen LogP contribution in [0, 0.1) is 27.7 Å². The van der Waals surface area contributed by atoms with Crippen LogP contribution in [0.4, 0.5) is 51.2 Å². The third kappa shape index (κ3) is 12.7. The second-order valence-corrected chi connectivity index (χ2v) is 18.3. The number of benzene rings is 8. The van der Waals surface area contributed by atoms with E-state index in [0.29, 0.717) is 5.92 Å². The molecule has 8 aromatic rings. The maximum absolute atomic E-state index is 2.35. The number of unbranched alkanes of at least 4 members (excludes halogenated alkanes) is 2. The van der Waals surface area contributed by atoms with E-state index in [1.807, 2.05) is 0 Å². The molecule has 0 aromatic heterocycles. The predicted molar refractivity (Wildman–Crippen MR) is 292 cm³/mol. The summed E-state index contributed by atoms with van der Waals surface area (Å²) in [6.07, 6.45) is 8.30. The summed E-state index contributed by atoms with van der Waals surface area (Å²) in [6.45, 7) is 17.6. The zero-order valence-electron chi connectivity index (χ0n) is 41.3. The largest absolute Gasteiger partial charge is 0.311 e. The van der Waals surface area contributed by atoms with Gasteiger partial charge in [-0.05, 0) is 192 Å². The number of hydrogen-bond donors (Lipinski definition) is 0. The normalized spacial score (nSPS) is 11.3. The second kappa shape index (κ2) is 23.6. The lowest BCUT2D eigenvalue weighted by Crippen LogP contribution is -2.12. The molecule has 3 nitrogen and oxygen atoms in total. The molecule has 342 valence electrons. The van der Waals surface area contributed by atoms with Crippen molar-refractivity contribution in [3.05, 3.63) is 233 Å². The lowest BCUT2D eigenvalue weighted by Gasteiger charge is -2.28. The number of aryl methyl sites for hydroxylation is 6. The minimum Gasteiger partial charge on any atom is -0.311 e. The fourth-order valence-electron chi connectivity index (χ4n) is 8.44. The van der Waals surface area contributed by atoms with E-state index in [9.17, 15) is 0 Å². The van der Waals surface area contributed by atoms with Gasteiger partial charge in [0.1, 0.15) is 0 Å². The molecule has 67 heavy (non-hydrogen) atoms. The van der Waals surface area contributed by atoms with Crippen LogP contribution in [0.15, 0.2) is 194 Å². The van der Waals surface area contributed by atoms with Gasteiger partial charge in [0.25, 0.3) is 0 Å². The summed E-state index contributed by atoms with van der Waals surface area (Å²) in [7, 11) is 0. The summed E-state index contributed by atoms with van der Waals surface area (Å²) < 4.78 is 0. The molecular formula is C64H71N3. The van der Waals surface area contributed by atoms with Crippen LogP contribution in [-0.4, -0.2) is 0 Å². The first kappa shape index (κ1) is 48.1. The Kier molecular flexibility index (Phi) is 16.9.